The van der Waals surface area contributed by atoms with Gasteiger partial charge in [0.05, 0.1) is 16.5 Å². The SMILES string of the molecule is O=C(O)CCN(C(=O)C1CC1)c1ccc(Cl)c(Cl)c1. The van der Waals surface area contributed by atoms with Crippen molar-refractivity contribution in [3.05, 3.63) is 28.2 Å². The summed E-state index contributed by atoms with van der Waals surface area (Å²) in [5, 5.41) is 9.51. The van der Waals surface area contributed by atoms with Crippen molar-refractivity contribution in [3.8, 4) is 0 Å². The smallest absolute Gasteiger partial charge is 0.305 e. The van der Waals surface area contributed by atoms with Crippen LogP contribution in [0.5, 0.6) is 0 Å². The van der Waals surface area contributed by atoms with Crippen LogP contribution in [0.1, 0.15) is 19.3 Å². The summed E-state index contributed by atoms with van der Waals surface area (Å²) in [5.41, 5.74) is 0.590. The zero-order valence-electron chi connectivity index (χ0n) is 10.1. The molecule has 1 aromatic rings. The molecule has 0 unspecified atom stereocenters. The van der Waals surface area contributed by atoms with Gasteiger partial charge in [0.2, 0.25) is 5.91 Å². The zero-order chi connectivity index (χ0) is 14.0. The Kier molecular flexibility index (Phi) is 4.32. The normalized spacial score (nSPS) is 14.2. The Morgan fingerprint density at radius 1 is 1.26 bits per heavy atom. The molecule has 2 rings (SSSR count). The number of hydrogen-bond acceptors (Lipinski definition) is 2. The topological polar surface area (TPSA) is 57.6 Å². The second-order valence-electron chi connectivity index (χ2n) is 4.51. The number of benzene rings is 1. The van der Waals surface area contributed by atoms with E-state index in [-0.39, 0.29) is 24.8 Å². The van der Waals surface area contributed by atoms with Crippen molar-refractivity contribution in [2.24, 2.45) is 5.92 Å². The first kappa shape index (κ1) is 14.2. The van der Waals surface area contributed by atoms with E-state index in [9.17, 15) is 9.59 Å². The molecule has 1 N–H and O–H groups in total. The van der Waals surface area contributed by atoms with E-state index in [2.05, 4.69) is 0 Å². The van der Waals surface area contributed by atoms with E-state index >= 15 is 0 Å². The van der Waals surface area contributed by atoms with E-state index in [0.29, 0.717) is 15.7 Å². The van der Waals surface area contributed by atoms with Crippen LogP contribution in [0.15, 0.2) is 18.2 Å². The minimum atomic E-state index is -0.936. The molecule has 1 amide bonds. The first-order valence-corrected chi connectivity index (χ1v) is 6.73. The minimum absolute atomic E-state index is 0.0169. The number of carboxylic acids is 1. The van der Waals surface area contributed by atoms with Crippen LogP contribution in [0, 0.1) is 5.92 Å². The van der Waals surface area contributed by atoms with E-state index in [4.69, 9.17) is 28.3 Å². The summed E-state index contributed by atoms with van der Waals surface area (Å²) in [6, 6.07) is 4.87. The molecule has 0 bridgehead atoms. The Bertz CT molecular complexity index is 515. The second kappa shape index (κ2) is 5.80. The minimum Gasteiger partial charge on any atom is -0.481 e. The summed E-state index contributed by atoms with van der Waals surface area (Å²) in [6.07, 6.45) is 1.63. The fraction of sp³-hybridized carbons (Fsp3) is 0.385. The van der Waals surface area contributed by atoms with Crippen molar-refractivity contribution < 1.29 is 14.7 Å². The van der Waals surface area contributed by atoms with Gasteiger partial charge in [-0.2, -0.15) is 0 Å². The molecule has 1 aliphatic rings. The standard InChI is InChI=1S/C13H13Cl2NO3/c14-10-4-3-9(7-11(10)15)16(6-5-12(17)18)13(19)8-1-2-8/h3-4,7-8H,1-2,5-6H2,(H,17,18). The average Bonchev–Trinajstić information content (AvgIpc) is 3.17. The van der Waals surface area contributed by atoms with Gasteiger partial charge in [0.15, 0.2) is 0 Å². The third-order valence-electron chi connectivity index (χ3n) is 2.96. The highest BCUT2D eigenvalue weighted by molar-refractivity contribution is 6.42. The zero-order valence-corrected chi connectivity index (χ0v) is 11.6. The van der Waals surface area contributed by atoms with Gasteiger partial charge in [-0.1, -0.05) is 23.2 Å². The largest absolute Gasteiger partial charge is 0.481 e. The average molecular weight is 302 g/mol. The van der Waals surface area contributed by atoms with Gasteiger partial charge in [0.25, 0.3) is 0 Å². The van der Waals surface area contributed by atoms with Crippen LogP contribution >= 0.6 is 23.2 Å². The maximum Gasteiger partial charge on any atom is 0.305 e. The van der Waals surface area contributed by atoms with Crippen LogP contribution in [0.2, 0.25) is 10.0 Å². The number of halogens is 2. The lowest BCUT2D eigenvalue weighted by Gasteiger charge is -2.22. The molecule has 0 radical (unpaired) electrons. The highest BCUT2D eigenvalue weighted by atomic mass is 35.5. The van der Waals surface area contributed by atoms with Crippen LogP contribution in [0.3, 0.4) is 0 Å². The van der Waals surface area contributed by atoms with Gasteiger partial charge >= 0.3 is 5.97 Å². The van der Waals surface area contributed by atoms with Gasteiger partial charge in [-0.25, -0.2) is 0 Å². The summed E-state index contributed by atoms with van der Waals surface area (Å²) in [6.45, 7) is 0.141. The summed E-state index contributed by atoms with van der Waals surface area (Å²) >= 11 is 11.8. The van der Waals surface area contributed by atoms with Crippen molar-refractivity contribution in [1.29, 1.82) is 0 Å². The third-order valence-corrected chi connectivity index (χ3v) is 3.70. The van der Waals surface area contributed by atoms with Crippen molar-refractivity contribution in [1.82, 2.24) is 0 Å². The Morgan fingerprint density at radius 3 is 2.47 bits per heavy atom. The maximum absolute atomic E-state index is 12.2. The van der Waals surface area contributed by atoms with E-state index in [1.54, 1.807) is 18.2 Å². The van der Waals surface area contributed by atoms with Crippen LogP contribution in [0.4, 0.5) is 5.69 Å². The number of carboxylic acid groups (broad SMARTS) is 1. The maximum atomic E-state index is 12.2. The monoisotopic (exact) mass is 301 g/mol. The van der Waals surface area contributed by atoms with E-state index in [1.807, 2.05) is 0 Å². The Balaban J connectivity index is 2.21. The Morgan fingerprint density at radius 2 is 1.95 bits per heavy atom. The first-order valence-electron chi connectivity index (χ1n) is 5.97. The fourth-order valence-corrected chi connectivity index (χ4v) is 2.07. The van der Waals surface area contributed by atoms with Crippen molar-refractivity contribution in [3.63, 3.8) is 0 Å². The number of anilines is 1. The lowest BCUT2D eigenvalue weighted by Crippen LogP contribution is -2.34. The van der Waals surface area contributed by atoms with E-state index < -0.39 is 5.97 Å². The summed E-state index contributed by atoms with van der Waals surface area (Å²) < 4.78 is 0. The molecule has 0 aliphatic heterocycles. The van der Waals surface area contributed by atoms with Gasteiger partial charge < -0.3 is 10.0 Å². The van der Waals surface area contributed by atoms with Crippen LogP contribution in [-0.4, -0.2) is 23.5 Å². The molecule has 102 valence electrons. The predicted octanol–water partition coefficient (Wildman–Crippen LogP) is 3.21. The Hall–Kier alpha value is -1.26. The molecule has 0 aromatic heterocycles. The molecular formula is C13H13Cl2NO3. The number of aliphatic carboxylic acids is 1. The second-order valence-corrected chi connectivity index (χ2v) is 5.32. The van der Waals surface area contributed by atoms with Gasteiger partial charge in [-0.15, -0.1) is 0 Å². The molecule has 1 aromatic carbocycles. The summed E-state index contributed by atoms with van der Waals surface area (Å²) in [5.74, 6) is -0.962. The highest BCUT2D eigenvalue weighted by Crippen LogP contribution is 2.34. The van der Waals surface area contributed by atoms with Crippen molar-refractivity contribution >= 4 is 40.8 Å². The van der Waals surface area contributed by atoms with Gasteiger partial charge in [-0.05, 0) is 31.0 Å². The number of hydrogen-bond donors (Lipinski definition) is 1. The van der Waals surface area contributed by atoms with Gasteiger partial charge in [0.1, 0.15) is 0 Å². The fourth-order valence-electron chi connectivity index (χ4n) is 1.78. The molecule has 0 saturated heterocycles. The number of rotatable bonds is 5. The highest BCUT2D eigenvalue weighted by Gasteiger charge is 2.34. The van der Waals surface area contributed by atoms with Gasteiger partial charge in [0, 0.05) is 18.2 Å². The number of carbonyl (C=O) groups excluding carboxylic acids is 1. The molecule has 0 atom stereocenters. The van der Waals surface area contributed by atoms with Crippen molar-refractivity contribution in [2.45, 2.75) is 19.3 Å². The molecular weight excluding hydrogens is 289 g/mol. The molecule has 19 heavy (non-hydrogen) atoms. The number of nitrogens with zero attached hydrogens (tertiary/aromatic N) is 1. The molecule has 1 fully saturated rings. The molecule has 1 saturated carbocycles. The van der Waals surface area contributed by atoms with Crippen LogP contribution in [-0.2, 0) is 9.59 Å². The van der Waals surface area contributed by atoms with Crippen LogP contribution in [0.25, 0.3) is 0 Å². The third kappa shape index (κ3) is 3.61. The Labute approximate surface area is 120 Å². The number of amides is 1. The predicted molar refractivity (Wildman–Crippen MR) is 73.8 cm³/mol. The molecule has 0 heterocycles. The quantitative estimate of drug-likeness (QED) is 0.908. The van der Waals surface area contributed by atoms with Gasteiger partial charge in [-0.3, -0.25) is 9.59 Å². The van der Waals surface area contributed by atoms with E-state index in [1.165, 1.54) is 4.90 Å². The van der Waals surface area contributed by atoms with Crippen molar-refractivity contribution in [2.75, 3.05) is 11.4 Å². The lowest BCUT2D eigenvalue weighted by molar-refractivity contribution is -0.136. The lowest BCUT2D eigenvalue weighted by atomic mass is 10.2. The van der Waals surface area contributed by atoms with Crippen LogP contribution < -0.4 is 4.90 Å². The summed E-state index contributed by atoms with van der Waals surface area (Å²) in [4.78, 5) is 24.3. The molecule has 6 heteroatoms. The molecule has 0 spiro atoms. The summed E-state index contributed by atoms with van der Waals surface area (Å²) in [7, 11) is 0. The molecule has 1 aliphatic carbocycles. The number of carbonyl (C=O) groups is 2. The van der Waals surface area contributed by atoms with E-state index in [0.717, 1.165) is 12.8 Å². The first-order chi connectivity index (χ1) is 8.99. The molecule has 4 nitrogen and oxygen atoms in total.